The largest absolute Gasteiger partial charge is 0.478 e. The van der Waals surface area contributed by atoms with Gasteiger partial charge in [-0.3, -0.25) is 0 Å². The molecular weight excluding hydrogens is 184 g/mol. The average molecular weight is 188 g/mol. The van der Waals surface area contributed by atoms with Crippen LogP contribution in [0, 0.1) is 11.3 Å². The zero-order valence-electron chi connectivity index (χ0n) is 6.88. The summed E-state index contributed by atoms with van der Waals surface area (Å²) < 4.78 is 0. The third-order valence-corrected chi connectivity index (χ3v) is 1.53. The van der Waals surface area contributed by atoms with E-state index < -0.39 is 5.97 Å². The van der Waals surface area contributed by atoms with Gasteiger partial charge in [0.05, 0.1) is 22.9 Å². The number of nitrogens with zero attached hydrogens (tertiary/aromatic N) is 4. The zero-order chi connectivity index (χ0) is 10.6. The van der Waals surface area contributed by atoms with Crippen molar-refractivity contribution in [1.29, 1.82) is 5.26 Å². The molecule has 1 rings (SSSR count). The lowest BCUT2D eigenvalue weighted by Gasteiger charge is -2.00. The maximum absolute atomic E-state index is 10.7. The molecule has 0 aliphatic carbocycles. The van der Waals surface area contributed by atoms with Crippen LogP contribution in [0.5, 0.6) is 0 Å². The van der Waals surface area contributed by atoms with Crippen LogP contribution in [-0.4, -0.2) is 11.1 Å². The van der Waals surface area contributed by atoms with Gasteiger partial charge in [0, 0.05) is 4.91 Å². The van der Waals surface area contributed by atoms with Gasteiger partial charge in [-0.25, -0.2) is 4.79 Å². The minimum Gasteiger partial charge on any atom is -0.478 e. The summed E-state index contributed by atoms with van der Waals surface area (Å²) in [5, 5.41) is 20.5. The zero-order valence-corrected chi connectivity index (χ0v) is 6.88. The van der Waals surface area contributed by atoms with E-state index in [-0.39, 0.29) is 16.8 Å². The summed E-state index contributed by atoms with van der Waals surface area (Å²) >= 11 is 0. The number of carboxylic acid groups (broad SMARTS) is 1. The third-order valence-electron chi connectivity index (χ3n) is 1.53. The van der Waals surface area contributed by atoms with Gasteiger partial charge in [0.1, 0.15) is 0 Å². The quantitative estimate of drug-likeness (QED) is 0.436. The van der Waals surface area contributed by atoms with E-state index in [1.54, 1.807) is 6.07 Å². The van der Waals surface area contributed by atoms with Crippen molar-refractivity contribution in [2.75, 3.05) is 0 Å². The molecule has 0 aliphatic rings. The first-order chi connectivity index (χ1) is 6.70. The fraction of sp³-hybridized carbons (Fsp3) is 0. The van der Waals surface area contributed by atoms with E-state index in [4.69, 9.17) is 15.9 Å². The Morgan fingerprint density at radius 3 is 2.86 bits per heavy atom. The molecule has 0 radical (unpaired) electrons. The van der Waals surface area contributed by atoms with Crippen molar-refractivity contribution in [3.8, 4) is 6.07 Å². The standard InChI is InChI=1S/C8H4N4O2/c9-4-5-2-1-3-6(8(13)14)7(5)11-12-10/h1-3H,(H,13,14). The van der Waals surface area contributed by atoms with Gasteiger partial charge < -0.3 is 5.11 Å². The van der Waals surface area contributed by atoms with Gasteiger partial charge >= 0.3 is 5.97 Å². The van der Waals surface area contributed by atoms with Crippen molar-refractivity contribution in [2.45, 2.75) is 0 Å². The second-order valence-corrected chi connectivity index (χ2v) is 2.31. The number of azide groups is 1. The number of hydrogen-bond acceptors (Lipinski definition) is 3. The molecular formula is C8H4N4O2. The molecule has 68 valence electrons. The first-order valence-corrected chi connectivity index (χ1v) is 3.52. The number of benzene rings is 1. The number of rotatable bonds is 2. The second kappa shape index (κ2) is 3.94. The smallest absolute Gasteiger partial charge is 0.336 e. The highest BCUT2D eigenvalue weighted by Crippen LogP contribution is 2.23. The van der Waals surface area contributed by atoms with E-state index in [2.05, 4.69) is 10.0 Å². The fourth-order valence-electron chi connectivity index (χ4n) is 0.959. The summed E-state index contributed by atoms with van der Waals surface area (Å²) in [5.74, 6) is -1.23. The molecule has 0 aromatic heterocycles. The molecule has 0 heterocycles. The van der Waals surface area contributed by atoms with E-state index in [0.29, 0.717) is 0 Å². The Morgan fingerprint density at radius 2 is 2.36 bits per heavy atom. The predicted molar refractivity (Wildman–Crippen MR) is 46.9 cm³/mol. The van der Waals surface area contributed by atoms with Gasteiger partial charge in [-0.2, -0.15) is 5.26 Å². The van der Waals surface area contributed by atoms with E-state index in [1.165, 1.54) is 18.2 Å². The fourth-order valence-corrected chi connectivity index (χ4v) is 0.959. The number of carbonyl (C=O) groups is 1. The maximum Gasteiger partial charge on any atom is 0.336 e. The molecule has 0 aliphatic heterocycles. The van der Waals surface area contributed by atoms with Crippen LogP contribution in [0.1, 0.15) is 15.9 Å². The molecule has 0 amide bonds. The van der Waals surface area contributed by atoms with Crippen LogP contribution in [0.15, 0.2) is 23.3 Å². The monoisotopic (exact) mass is 188 g/mol. The lowest BCUT2D eigenvalue weighted by atomic mass is 10.1. The van der Waals surface area contributed by atoms with Gasteiger partial charge in [-0.1, -0.05) is 11.2 Å². The van der Waals surface area contributed by atoms with Gasteiger partial charge in [-0.05, 0) is 17.7 Å². The van der Waals surface area contributed by atoms with Gasteiger partial charge in [-0.15, -0.1) is 0 Å². The molecule has 0 fully saturated rings. The number of carboxylic acids is 1. The van der Waals surface area contributed by atoms with E-state index in [9.17, 15) is 4.79 Å². The molecule has 0 bridgehead atoms. The Hall–Kier alpha value is -2.51. The number of nitriles is 1. The molecule has 6 heteroatoms. The summed E-state index contributed by atoms with van der Waals surface area (Å²) in [6.45, 7) is 0. The summed E-state index contributed by atoms with van der Waals surface area (Å²) in [6, 6.07) is 5.82. The Labute approximate surface area is 78.6 Å². The molecule has 1 aromatic rings. The van der Waals surface area contributed by atoms with Crippen molar-refractivity contribution in [3.63, 3.8) is 0 Å². The minimum absolute atomic E-state index is 0.0442. The van der Waals surface area contributed by atoms with Gasteiger partial charge in [0.2, 0.25) is 0 Å². The van der Waals surface area contributed by atoms with Crippen LogP contribution in [0.3, 0.4) is 0 Å². The van der Waals surface area contributed by atoms with E-state index in [0.717, 1.165) is 0 Å². The third kappa shape index (κ3) is 1.63. The summed E-state index contributed by atoms with van der Waals surface area (Å²) in [5.41, 5.74) is 7.92. The van der Waals surface area contributed by atoms with Crippen LogP contribution < -0.4 is 0 Å². The number of aromatic carboxylic acids is 1. The van der Waals surface area contributed by atoms with E-state index >= 15 is 0 Å². The Kier molecular flexibility index (Phi) is 2.69. The van der Waals surface area contributed by atoms with Crippen molar-refractivity contribution >= 4 is 11.7 Å². The van der Waals surface area contributed by atoms with Crippen molar-refractivity contribution in [2.24, 2.45) is 5.11 Å². The van der Waals surface area contributed by atoms with Crippen molar-refractivity contribution in [3.05, 3.63) is 39.8 Å². The van der Waals surface area contributed by atoms with E-state index in [1.807, 2.05) is 0 Å². The highest BCUT2D eigenvalue weighted by Gasteiger charge is 2.11. The Bertz CT molecular complexity index is 469. The van der Waals surface area contributed by atoms with Crippen LogP contribution in [0.4, 0.5) is 5.69 Å². The number of hydrogen-bond donors (Lipinski definition) is 1. The lowest BCUT2D eigenvalue weighted by molar-refractivity contribution is 0.0698. The molecule has 6 nitrogen and oxygen atoms in total. The molecule has 0 spiro atoms. The van der Waals surface area contributed by atoms with Crippen molar-refractivity contribution in [1.82, 2.24) is 0 Å². The topological polar surface area (TPSA) is 110 Å². The predicted octanol–water partition coefficient (Wildman–Crippen LogP) is 2.20. The van der Waals surface area contributed by atoms with Gasteiger partial charge in [0.15, 0.2) is 0 Å². The average Bonchev–Trinajstić information content (AvgIpc) is 2.18. The molecule has 0 unspecified atom stereocenters. The SMILES string of the molecule is N#Cc1cccc(C(=O)O)c1N=[N+]=[N-]. The van der Waals surface area contributed by atoms with Gasteiger partial charge in [0.25, 0.3) is 0 Å². The highest BCUT2D eigenvalue weighted by atomic mass is 16.4. The molecule has 0 saturated heterocycles. The second-order valence-electron chi connectivity index (χ2n) is 2.31. The van der Waals surface area contributed by atoms with Crippen LogP contribution in [0.2, 0.25) is 0 Å². The highest BCUT2D eigenvalue weighted by molar-refractivity contribution is 5.94. The molecule has 0 saturated carbocycles. The van der Waals surface area contributed by atoms with Crippen LogP contribution in [0.25, 0.3) is 10.4 Å². The molecule has 1 N–H and O–H groups in total. The summed E-state index contributed by atoms with van der Waals surface area (Å²) in [4.78, 5) is 13.1. The van der Waals surface area contributed by atoms with Crippen LogP contribution in [-0.2, 0) is 0 Å². The summed E-state index contributed by atoms with van der Waals surface area (Å²) in [6.07, 6.45) is 0. The summed E-state index contributed by atoms with van der Waals surface area (Å²) in [7, 11) is 0. The normalized spacial score (nSPS) is 8.50. The minimum atomic E-state index is -1.23. The Morgan fingerprint density at radius 1 is 1.64 bits per heavy atom. The Balaban J connectivity index is 3.52. The molecule has 1 aromatic carbocycles. The molecule has 0 atom stereocenters. The molecule has 14 heavy (non-hydrogen) atoms. The van der Waals surface area contributed by atoms with Crippen molar-refractivity contribution < 1.29 is 9.90 Å². The first kappa shape index (κ1) is 9.58. The lowest BCUT2D eigenvalue weighted by Crippen LogP contribution is -1.97. The maximum atomic E-state index is 10.7. The van der Waals surface area contributed by atoms with Crippen LogP contribution >= 0.6 is 0 Å². The first-order valence-electron chi connectivity index (χ1n) is 3.52.